The first-order chi connectivity index (χ1) is 7.58. The minimum Gasteiger partial charge on any atom is -0.481 e. The molecule has 2 rings (SSSR count). The van der Waals surface area contributed by atoms with Gasteiger partial charge in [-0.25, -0.2) is 0 Å². The van der Waals surface area contributed by atoms with Crippen LogP contribution >= 0.6 is 0 Å². The maximum atomic E-state index is 11.1. The van der Waals surface area contributed by atoms with E-state index in [2.05, 4.69) is 0 Å². The molecule has 1 saturated carbocycles. The minimum atomic E-state index is -0.698. The van der Waals surface area contributed by atoms with E-state index in [4.69, 9.17) is 5.11 Å². The Hall–Kier alpha value is -1.64. The fraction of sp³-hybridized carbons (Fsp3) is 0.385. The third-order valence-electron chi connectivity index (χ3n) is 3.28. The molecular weight excluding hydrogens is 204 g/mol. The second-order valence-corrected chi connectivity index (χ2v) is 4.38. The summed E-state index contributed by atoms with van der Waals surface area (Å²) in [5, 5.41) is 8.77. The second-order valence-electron chi connectivity index (χ2n) is 4.38. The van der Waals surface area contributed by atoms with Crippen molar-refractivity contribution in [2.24, 2.45) is 5.92 Å². The highest BCUT2D eigenvalue weighted by atomic mass is 16.4. The van der Waals surface area contributed by atoms with Gasteiger partial charge in [0.25, 0.3) is 0 Å². The van der Waals surface area contributed by atoms with Crippen LogP contribution in [0, 0.1) is 5.92 Å². The third-order valence-corrected chi connectivity index (χ3v) is 3.28. The molecule has 1 fully saturated rings. The maximum absolute atomic E-state index is 11.1. The fourth-order valence-corrected chi connectivity index (χ4v) is 2.08. The fourth-order valence-electron chi connectivity index (χ4n) is 2.08. The van der Waals surface area contributed by atoms with Gasteiger partial charge in [0.2, 0.25) is 0 Å². The van der Waals surface area contributed by atoms with E-state index < -0.39 is 5.97 Å². The van der Waals surface area contributed by atoms with Gasteiger partial charge in [0.1, 0.15) is 0 Å². The topological polar surface area (TPSA) is 54.4 Å². The van der Waals surface area contributed by atoms with Crippen molar-refractivity contribution in [3.05, 3.63) is 35.4 Å². The molecule has 0 saturated heterocycles. The average molecular weight is 218 g/mol. The van der Waals surface area contributed by atoms with Gasteiger partial charge in [-0.05, 0) is 31.2 Å². The van der Waals surface area contributed by atoms with E-state index in [9.17, 15) is 9.59 Å². The van der Waals surface area contributed by atoms with Crippen LogP contribution in [-0.2, 0) is 4.79 Å². The number of benzene rings is 1. The maximum Gasteiger partial charge on any atom is 0.306 e. The van der Waals surface area contributed by atoms with Crippen LogP contribution in [0.15, 0.2) is 24.3 Å². The summed E-state index contributed by atoms with van der Waals surface area (Å²) >= 11 is 0. The lowest BCUT2D eigenvalue weighted by atomic mass is 9.71. The summed E-state index contributed by atoms with van der Waals surface area (Å²) < 4.78 is 0. The number of hydrogen-bond acceptors (Lipinski definition) is 2. The van der Waals surface area contributed by atoms with Crippen molar-refractivity contribution in [1.29, 1.82) is 0 Å². The van der Waals surface area contributed by atoms with Crippen LogP contribution in [0.25, 0.3) is 0 Å². The number of carbonyl (C=O) groups excluding carboxylic acids is 1. The molecule has 0 atom stereocenters. The molecular formula is C13H14O3. The largest absolute Gasteiger partial charge is 0.481 e. The number of carboxylic acids is 1. The first-order valence-corrected chi connectivity index (χ1v) is 5.41. The smallest absolute Gasteiger partial charge is 0.306 e. The quantitative estimate of drug-likeness (QED) is 0.793. The van der Waals surface area contributed by atoms with E-state index in [1.54, 1.807) is 6.92 Å². The van der Waals surface area contributed by atoms with Gasteiger partial charge in [0.15, 0.2) is 5.78 Å². The molecule has 1 aliphatic rings. The Morgan fingerprint density at radius 1 is 1.19 bits per heavy atom. The predicted molar refractivity (Wildman–Crippen MR) is 59.5 cm³/mol. The Morgan fingerprint density at radius 2 is 1.75 bits per heavy atom. The molecule has 84 valence electrons. The summed E-state index contributed by atoms with van der Waals surface area (Å²) in [6.45, 7) is 1.54. The van der Waals surface area contributed by atoms with Crippen LogP contribution < -0.4 is 0 Å². The lowest BCUT2D eigenvalue weighted by Gasteiger charge is -2.32. The van der Waals surface area contributed by atoms with E-state index in [0.717, 1.165) is 18.4 Å². The zero-order valence-corrected chi connectivity index (χ0v) is 9.14. The van der Waals surface area contributed by atoms with Gasteiger partial charge in [-0.3, -0.25) is 9.59 Å². The number of carboxylic acid groups (broad SMARTS) is 1. The molecule has 0 amide bonds. The molecule has 1 N–H and O–H groups in total. The highest BCUT2D eigenvalue weighted by Gasteiger charge is 2.35. The van der Waals surface area contributed by atoms with Crippen LogP contribution in [0.4, 0.5) is 0 Å². The van der Waals surface area contributed by atoms with E-state index in [-0.39, 0.29) is 11.7 Å². The molecule has 16 heavy (non-hydrogen) atoms. The highest BCUT2D eigenvalue weighted by molar-refractivity contribution is 5.94. The average Bonchev–Trinajstić information content (AvgIpc) is 2.15. The van der Waals surface area contributed by atoms with Gasteiger partial charge in [-0.15, -0.1) is 0 Å². The van der Waals surface area contributed by atoms with E-state index >= 15 is 0 Å². The summed E-state index contributed by atoms with van der Waals surface area (Å²) in [6.07, 6.45) is 1.43. The van der Waals surface area contributed by atoms with Crippen molar-refractivity contribution in [3.63, 3.8) is 0 Å². The van der Waals surface area contributed by atoms with Crippen LogP contribution in [-0.4, -0.2) is 16.9 Å². The lowest BCUT2D eigenvalue weighted by Crippen LogP contribution is -2.28. The Kier molecular flexibility index (Phi) is 2.77. The summed E-state index contributed by atoms with van der Waals surface area (Å²) in [7, 11) is 0. The first-order valence-electron chi connectivity index (χ1n) is 5.41. The van der Waals surface area contributed by atoms with Crippen molar-refractivity contribution < 1.29 is 14.7 Å². The van der Waals surface area contributed by atoms with Crippen LogP contribution in [0.5, 0.6) is 0 Å². The number of ketones is 1. The summed E-state index contributed by atoms with van der Waals surface area (Å²) in [5.41, 5.74) is 1.85. The van der Waals surface area contributed by atoms with E-state index in [1.807, 2.05) is 24.3 Å². The number of carbonyl (C=O) groups is 2. The number of Topliss-reactive ketones (excluding diaryl/α,β-unsaturated/α-hetero) is 1. The molecule has 0 unspecified atom stereocenters. The van der Waals surface area contributed by atoms with Crippen molar-refractivity contribution >= 4 is 11.8 Å². The lowest BCUT2D eigenvalue weighted by molar-refractivity contribution is -0.145. The molecule has 0 aliphatic heterocycles. The standard InChI is InChI=1S/C13H14O3/c1-8(14)9-2-4-10(5-3-9)11-6-12(7-11)13(15)16/h2-5,11-12H,6-7H2,1H3,(H,15,16). The van der Waals surface area contributed by atoms with Crippen molar-refractivity contribution in [2.45, 2.75) is 25.7 Å². The Balaban J connectivity index is 2.02. The molecule has 0 heterocycles. The molecule has 3 nitrogen and oxygen atoms in total. The summed E-state index contributed by atoms with van der Waals surface area (Å²) in [4.78, 5) is 21.7. The van der Waals surface area contributed by atoms with E-state index in [1.165, 1.54) is 0 Å². The molecule has 1 aliphatic carbocycles. The van der Waals surface area contributed by atoms with Gasteiger partial charge >= 0.3 is 5.97 Å². The number of aliphatic carboxylic acids is 1. The zero-order valence-electron chi connectivity index (χ0n) is 9.14. The van der Waals surface area contributed by atoms with Crippen molar-refractivity contribution in [1.82, 2.24) is 0 Å². The van der Waals surface area contributed by atoms with Gasteiger partial charge in [-0.1, -0.05) is 24.3 Å². The van der Waals surface area contributed by atoms with Gasteiger partial charge < -0.3 is 5.11 Å². The Labute approximate surface area is 94.1 Å². The molecule has 0 aromatic heterocycles. The molecule has 0 radical (unpaired) electrons. The molecule has 1 aromatic rings. The molecule has 0 spiro atoms. The first kappa shape index (κ1) is 10.9. The Bertz CT molecular complexity index is 413. The predicted octanol–water partition coefficient (Wildman–Crippen LogP) is 2.47. The Morgan fingerprint density at radius 3 is 2.19 bits per heavy atom. The van der Waals surface area contributed by atoms with Crippen molar-refractivity contribution in [2.75, 3.05) is 0 Å². The van der Waals surface area contributed by atoms with Crippen LogP contribution in [0.3, 0.4) is 0 Å². The highest BCUT2D eigenvalue weighted by Crippen LogP contribution is 2.41. The van der Waals surface area contributed by atoms with Gasteiger partial charge in [0.05, 0.1) is 5.92 Å². The number of hydrogen-bond donors (Lipinski definition) is 1. The minimum absolute atomic E-state index is 0.0589. The summed E-state index contributed by atoms with van der Waals surface area (Å²) in [6, 6.07) is 7.48. The monoisotopic (exact) mass is 218 g/mol. The zero-order chi connectivity index (χ0) is 11.7. The van der Waals surface area contributed by atoms with E-state index in [0.29, 0.717) is 11.5 Å². The van der Waals surface area contributed by atoms with Gasteiger partial charge in [0, 0.05) is 5.56 Å². The van der Waals surface area contributed by atoms with Gasteiger partial charge in [-0.2, -0.15) is 0 Å². The normalized spacial score (nSPS) is 23.6. The second kappa shape index (κ2) is 4.08. The molecule has 0 bridgehead atoms. The molecule has 1 aromatic carbocycles. The SMILES string of the molecule is CC(=O)c1ccc(C2CC(C(=O)O)C2)cc1. The van der Waals surface area contributed by atoms with Crippen molar-refractivity contribution in [3.8, 4) is 0 Å². The number of rotatable bonds is 3. The van der Waals surface area contributed by atoms with Crippen LogP contribution in [0.1, 0.15) is 41.6 Å². The third kappa shape index (κ3) is 1.98. The molecule has 3 heteroatoms. The van der Waals surface area contributed by atoms with Crippen LogP contribution in [0.2, 0.25) is 0 Å². The summed E-state index contributed by atoms with van der Waals surface area (Å²) in [5.74, 6) is -0.472.